The summed E-state index contributed by atoms with van der Waals surface area (Å²) < 4.78 is 68.8. The summed E-state index contributed by atoms with van der Waals surface area (Å²) in [6, 6.07) is 4.58. The Hall–Kier alpha value is -3.06. The Morgan fingerprint density at radius 2 is 2.06 bits per heavy atom. The fourth-order valence-corrected chi connectivity index (χ4v) is 3.97. The number of alkyl halides is 3. The summed E-state index contributed by atoms with van der Waals surface area (Å²) >= 11 is 4.65. The van der Waals surface area contributed by atoms with Gasteiger partial charge in [-0.1, -0.05) is 0 Å². The third-order valence-electron chi connectivity index (χ3n) is 4.21. The number of anilines is 1. The average molecular weight is 478 g/mol. The minimum atomic E-state index is -3.93. The Kier molecular flexibility index (Phi) is 6.00. The van der Waals surface area contributed by atoms with Gasteiger partial charge in [0.25, 0.3) is 5.91 Å². The number of guanidine groups is 1. The summed E-state index contributed by atoms with van der Waals surface area (Å²) in [6.07, 6.45) is 0.877. The Labute approximate surface area is 179 Å². The van der Waals surface area contributed by atoms with Crippen LogP contribution in [0.15, 0.2) is 41.5 Å². The predicted molar refractivity (Wildman–Crippen MR) is 106 cm³/mol. The molecule has 1 aliphatic rings. The third-order valence-corrected chi connectivity index (χ3v) is 6.05. The molecular formula is C17H15ClF3N5O4S. The van der Waals surface area contributed by atoms with E-state index in [-0.39, 0.29) is 28.7 Å². The second kappa shape index (κ2) is 8.23. The van der Waals surface area contributed by atoms with Crippen molar-refractivity contribution in [3.63, 3.8) is 0 Å². The highest BCUT2D eigenvalue weighted by molar-refractivity contribution is 7.89. The number of ether oxygens (including phenoxy) is 1. The molecule has 0 saturated carbocycles. The summed E-state index contributed by atoms with van der Waals surface area (Å²) in [7, 11) is -2.55. The van der Waals surface area contributed by atoms with Gasteiger partial charge in [-0.15, -0.1) is 8.78 Å². The summed E-state index contributed by atoms with van der Waals surface area (Å²) in [6.45, 7) is 0. The van der Waals surface area contributed by atoms with Crippen molar-refractivity contribution < 1.29 is 31.1 Å². The van der Waals surface area contributed by atoms with Crippen molar-refractivity contribution in [2.24, 2.45) is 10.7 Å². The SMILES string of the molecule is CN1C(N)=N[C@H](c2cc(NC(=O)c3ccc(OC(F)(F)Cl)cn3)ccc2F)CS1(=O)=O. The van der Waals surface area contributed by atoms with E-state index in [4.69, 9.17) is 5.73 Å². The van der Waals surface area contributed by atoms with Gasteiger partial charge in [-0.05, 0) is 30.3 Å². The maximum absolute atomic E-state index is 14.3. The van der Waals surface area contributed by atoms with E-state index in [9.17, 15) is 26.4 Å². The molecule has 0 unspecified atom stereocenters. The van der Waals surface area contributed by atoms with Crippen LogP contribution in [0.1, 0.15) is 22.1 Å². The lowest BCUT2D eigenvalue weighted by molar-refractivity contribution is -0.0966. The van der Waals surface area contributed by atoms with E-state index in [0.717, 1.165) is 28.7 Å². The predicted octanol–water partition coefficient (Wildman–Crippen LogP) is 2.27. The zero-order chi connectivity index (χ0) is 23.0. The zero-order valence-electron chi connectivity index (χ0n) is 15.7. The molecule has 2 heterocycles. The molecule has 0 radical (unpaired) electrons. The number of nitrogens with two attached hydrogens (primary N) is 1. The summed E-state index contributed by atoms with van der Waals surface area (Å²) in [5, 5.41) is 2.45. The van der Waals surface area contributed by atoms with Gasteiger partial charge in [0.15, 0.2) is 0 Å². The quantitative estimate of drug-likeness (QED) is 0.636. The van der Waals surface area contributed by atoms with Crippen LogP contribution < -0.4 is 15.8 Å². The fraction of sp³-hybridized carbons (Fsp3) is 0.235. The van der Waals surface area contributed by atoms with Gasteiger partial charge in [-0.2, -0.15) is 0 Å². The van der Waals surface area contributed by atoms with Crippen LogP contribution in [0.2, 0.25) is 0 Å². The van der Waals surface area contributed by atoms with Crippen LogP contribution in [0.3, 0.4) is 0 Å². The molecule has 0 aliphatic carbocycles. The number of benzene rings is 1. The average Bonchev–Trinajstić information content (AvgIpc) is 2.66. The first-order chi connectivity index (χ1) is 14.4. The van der Waals surface area contributed by atoms with Crippen molar-refractivity contribution in [3.05, 3.63) is 53.6 Å². The molecule has 3 rings (SSSR count). The minimum absolute atomic E-state index is 0.0847. The first-order valence-corrected chi connectivity index (χ1v) is 10.5. The maximum Gasteiger partial charge on any atom is 0.487 e. The van der Waals surface area contributed by atoms with E-state index >= 15 is 0 Å². The minimum Gasteiger partial charge on any atom is -0.418 e. The Morgan fingerprint density at radius 3 is 2.65 bits per heavy atom. The number of halogens is 4. The lowest BCUT2D eigenvalue weighted by Crippen LogP contribution is -2.45. The van der Waals surface area contributed by atoms with Gasteiger partial charge in [0, 0.05) is 29.9 Å². The number of pyridine rings is 1. The monoisotopic (exact) mass is 477 g/mol. The molecule has 9 nitrogen and oxygen atoms in total. The van der Waals surface area contributed by atoms with Crippen molar-refractivity contribution in [1.82, 2.24) is 9.29 Å². The number of nitrogens with one attached hydrogen (secondary N) is 1. The molecule has 166 valence electrons. The molecule has 3 N–H and O–H groups in total. The molecule has 1 atom stereocenters. The number of carbonyl (C=O) groups excluding carboxylic acids is 1. The van der Waals surface area contributed by atoms with Gasteiger partial charge in [-0.3, -0.25) is 4.79 Å². The molecule has 0 spiro atoms. The van der Waals surface area contributed by atoms with Crippen molar-refractivity contribution >= 4 is 39.2 Å². The zero-order valence-corrected chi connectivity index (χ0v) is 17.3. The normalized spacial score (nSPS) is 18.3. The third kappa shape index (κ3) is 5.35. The molecule has 2 aromatic rings. The topological polar surface area (TPSA) is 127 Å². The van der Waals surface area contributed by atoms with Crippen molar-refractivity contribution in [2.45, 2.75) is 11.6 Å². The second-order valence-corrected chi connectivity index (χ2v) is 8.85. The highest BCUT2D eigenvalue weighted by Gasteiger charge is 2.32. The molecule has 1 aromatic heterocycles. The molecule has 31 heavy (non-hydrogen) atoms. The van der Waals surface area contributed by atoms with Crippen LogP contribution in [-0.4, -0.2) is 47.9 Å². The van der Waals surface area contributed by atoms with E-state index in [1.807, 2.05) is 0 Å². The number of amides is 1. The number of sulfonamides is 1. The van der Waals surface area contributed by atoms with Crippen LogP contribution in [-0.2, 0) is 10.0 Å². The maximum atomic E-state index is 14.3. The lowest BCUT2D eigenvalue weighted by Gasteiger charge is -2.27. The highest BCUT2D eigenvalue weighted by atomic mass is 35.5. The van der Waals surface area contributed by atoms with Gasteiger partial charge >= 0.3 is 5.57 Å². The van der Waals surface area contributed by atoms with Crippen LogP contribution in [0.5, 0.6) is 5.75 Å². The van der Waals surface area contributed by atoms with Crippen molar-refractivity contribution in [2.75, 3.05) is 18.1 Å². The van der Waals surface area contributed by atoms with Gasteiger partial charge < -0.3 is 15.8 Å². The molecule has 1 aromatic carbocycles. The number of rotatable bonds is 5. The number of nitrogens with zero attached hydrogens (tertiary/aromatic N) is 3. The largest absolute Gasteiger partial charge is 0.487 e. The Bertz CT molecular complexity index is 1140. The number of aromatic nitrogens is 1. The number of hydrogen-bond acceptors (Lipinski definition) is 7. The molecule has 1 aliphatic heterocycles. The smallest absolute Gasteiger partial charge is 0.418 e. The number of carbonyl (C=O) groups is 1. The van der Waals surface area contributed by atoms with Crippen LogP contribution in [0, 0.1) is 5.82 Å². The van der Waals surface area contributed by atoms with Crippen molar-refractivity contribution in [1.29, 1.82) is 0 Å². The van der Waals surface area contributed by atoms with E-state index in [1.54, 1.807) is 0 Å². The van der Waals surface area contributed by atoms with Gasteiger partial charge in [0.2, 0.25) is 16.0 Å². The van der Waals surface area contributed by atoms with E-state index in [0.29, 0.717) is 0 Å². The molecule has 14 heteroatoms. The molecule has 0 saturated heterocycles. The molecule has 0 bridgehead atoms. The summed E-state index contributed by atoms with van der Waals surface area (Å²) in [4.78, 5) is 20.0. The van der Waals surface area contributed by atoms with Gasteiger partial charge in [0.1, 0.15) is 17.3 Å². The molecule has 0 fully saturated rings. The summed E-state index contributed by atoms with van der Waals surface area (Å²) in [5.41, 5.74) is 1.57. The number of aliphatic imine (C=N–C) groups is 1. The van der Waals surface area contributed by atoms with Crippen LogP contribution in [0.25, 0.3) is 0 Å². The van der Waals surface area contributed by atoms with Crippen LogP contribution in [0.4, 0.5) is 18.9 Å². The van der Waals surface area contributed by atoms with Gasteiger partial charge in [-0.25, -0.2) is 27.1 Å². The van der Waals surface area contributed by atoms with E-state index in [2.05, 4.69) is 31.6 Å². The standard InChI is InChI=1S/C17H15ClF3N5O4S/c1-26-16(22)25-14(8-31(26,28)29)11-6-9(2-4-12(11)19)24-15(27)13-5-3-10(7-23-13)30-17(18,20)21/h2-7,14H,8H2,1H3,(H2,22,25)(H,24,27)/t14-/m0/s1. The first kappa shape index (κ1) is 22.6. The first-order valence-electron chi connectivity index (χ1n) is 8.48. The van der Waals surface area contributed by atoms with Crippen LogP contribution >= 0.6 is 11.6 Å². The van der Waals surface area contributed by atoms with Crippen molar-refractivity contribution in [3.8, 4) is 5.75 Å². The summed E-state index contributed by atoms with van der Waals surface area (Å²) in [5.74, 6) is -2.63. The fourth-order valence-electron chi connectivity index (χ4n) is 2.67. The number of hydrogen-bond donors (Lipinski definition) is 2. The van der Waals surface area contributed by atoms with Gasteiger partial charge in [0.05, 0.1) is 18.0 Å². The Morgan fingerprint density at radius 1 is 1.35 bits per heavy atom. The highest BCUT2D eigenvalue weighted by Crippen LogP contribution is 2.29. The van der Waals surface area contributed by atoms with E-state index < -0.39 is 39.1 Å². The molecular weight excluding hydrogens is 463 g/mol. The second-order valence-electron chi connectivity index (χ2n) is 6.37. The van der Waals surface area contributed by atoms with E-state index in [1.165, 1.54) is 19.2 Å². The lowest BCUT2D eigenvalue weighted by atomic mass is 10.1. The Balaban J connectivity index is 1.80. The molecule has 1 amide bonds.